The highest BCUT2D eigenvalue weighted by Gasteiger charge is 2.07. The number of benzene rings is 2. The number of hydrogen-bond acceptors (Lipinski definition) is 4. The number of carbonyl (C=O) groups is 1. The quantitative estimate of drug-likeness (QED) is 0.559. The number of halogens is 1. The summed E-state index contributed by atoms with van der Waals surface area (Å²) in [6, 6.07) is 16.8. The first kappa shape index (κ1) is 16.8. The topological polar surface area (TPSA) is 54.0 Å². The molecule has 0 radical (unpaired) electrons. The van der Waals surface area contributed by atoms with Gasteiger partial charge in [0.15, 0.2) is 5.13 Å². The molecule has 1 aromatic heterocycles. The number of amides is 2. The number of carbonyl (C=O) groups excluding carboxylic acids is 1. The predicted octanol–water partition coefficient (Wildman–Crippen LogP) is 5.73. The van der Waals surface area contributed by atoms with Crippen molar-refractivity contribution in [1.82, 2.24) is 4.98 Å². The Morgan fingerprint density at radius 2 is 1.96 bits per heavy atom. The number of rotatable bonds is 5. The van der Waals surface area contributed by atoms with Crippen LogP contribution in [0, 0.1) is 0 Å². The zero-order valence-electron chi connectivity index (χ0n) is 12.5. The average Bonchev–Trinajstić information content (AvgIpc) is 3.01. The smallest absolute Gasteiger partial charge is 0.308 e. The maximum atomic E-state index is 12.0. The van der Waals surface area contributed by atoms with E-state index in [0.29, 0.717) is 15.8 Å². The summed E-state index contributed by atoms with van der Waals surface area (Å²) in [4.78, 5) is 17.6. The van der Waals surface area contributed by atoms with Gasteiger partial charge < -0.3 is 5.32 Å². The van der Waals surface area contributed by atoms with Gasteiger partial charge in [-0.05, 0) is 30.3 Å². The molecule has 0 fully saturated rings. The maximum Gasteiger partial charge on any atom is 0.325 e. The van der Waals surface area contributed by atoms with Crippen LogP contribution < -0.4 is 10.6 Å². The lowest BCUT2D eigenvalue weighted by molar-refractivity contribution is 0.262. The Morgan fingerprint density at radius 3 is 2.75 bits per heavy atom. The molecule has 0 atom stereocenters. The third kappa shape index (κ3) is 4.99. The molecular formula is C17H14ClN3OS2. The second-order valence-electron chi connectivity index (χ2n) is 4.84. The predicted molar refractivity (Wildman–Crippen MR) is 102 cm³/mol. The van der Waals surface area contributed by atoms with Crippen molar-refractivity contribution >= 4 is 51.5 Å². The zero-order valence-corrected chi connectivity index (χ0v) is 14.9. The van der Waals surface area contributed by atoms with Gasteiger partial charge in [-0.3, -0.25) is 5.32 Å². The average molecular weight is 376 g/mol. The lowest BCUT2D eigenvalue weighted by atomic mass is 10.3. The van der Waals surface area contributed by atoms with E-state index in [4.69, 9.17) is 11.6 Å². The van der Waals surface area contributed by atoms with Crippen molar-refractivity contribution in [3.8, 4) is 0 Å². The van der Waals surface area contributed by atoms with Crippen LogP contribution in [-0.4, -0.2) is 11.0 Å². The van der Waals surface area contributed by atoms with E-state index < -0.39 is 0 Å². The Balaban J connectivity index is 1.53. The first-order chi connectivity index (χ1) is 11.7. The summed E-state index contributed by atoms with van der Waals surface area (Å²) in [6.45, 7) is 0. The normalized spacial score (nSPS) is 10.4. The minimum absolute atomic E-state index is 0.339. The maximum absolute atomic E-state index is 12.0. The highest BCUT2D eigenvalue weighted by molar-refractivity contribution is 7.98. The van der Waals surface area contributed by atoms with Crippen LogP contribution in [0.2, 0.25) is 5.02 Å². The van der Waals surface area contributed by atoms with Crippen LogP contribution in [0.25, 0.3) is 0 Å². The molecule has 3 rings (SSSR count). The number of nitrogens with one attached hydrogen (secondary N) is 2. The van der Waals surface area contributed by atoms with E-state index in [1.54, 1.807) is 36.0 Å². The summed E-state index contributed by atoms with van der Waals surface area (Å²) in [6.07, 6.45) is 0. The second-order valence-corrected chi connectivity index (χ2v) is 7.18. The van der Waals surface area contributed by atoms with Gasteiger partial charge >= 0.3 is 6.03 Å². The van der Waals surface area contributed by atoms with Gasteiger partial charge in [0.1, 0.15) is 0 Å². The van der Waals surface area contributed by atoms with Gasteiger partial charge in [0.25, 0.3) is 0 Å². The van der Waals surface area contributed by atoms with Crippen molar-refractivity contribution in [3.05, 3.63) is 70.7 Å². The molecule has 122 valence electrons. The summed E-state index contributed by atoms with van der Waals surface area (Å²) in [7, 11) is 0. The van der Waals surface area contributed by atoms with E-state index in [0.717, 1.165) is 11.4 Å². The van der Waals surface area contributed by atoms with Crippen LogP contribution in [0.3, 0.4) is 0 Å². The molecule has 0 unspecified atom stereocenters. The molecule has 3 aromatic rings. The molecule has 7 heteroatoms. The molecule has 2 N–H and O–H groups in total. The highest BCUT2D eigenvalue weighted by atomic mass is 35.5. The fourth-order valence-electron chi connectivity index (χ4n) is 1.93. The Morgan fingerprint density at radius 1 is 1.12 bits per heavy atom. The van der Waals surface area contributed by atoms with E-state index in [2.05, 4.69) is 27.8 Å². The van der Waals surface area contributed by atoms with E-state index in [-0.39, 0.29) is 6.03 Å². The van der Waals surface area contributed by atoms with Gasteiger partial charge in [-0.2, -0.15) is 0 Å². The number of aromatic nitrogens is 1. The van der Waals surface area contributed by atoms with Crippen molar-refractivity contribution in [2.75, 3.05) is 10.6 Å². The summed E-state index contributed by atoms with van der Waals surface area (Å²) < 4.78 is 0. The molecular weight excluding hydrogens is 362 g/mol. The van der Waals surface area contributed by atoms with Gasteiger partial charge in [-0.15, -0.1) is 23.1 Å². The van der Waals surface area contributed by atoms with E-state index in [1.807, 2.05) is 23.6 Å². The van der Waals surface area contributed by atoms with Crippen LogP contribution in [0.1, 0.15) is 5.69 Å². The Hall–Kier alpha value is -2.02. The number of thiazole rings is 1. The summed E-state index contributed by atoms with van der Waals surface area (Å²) in [5.74, 6) is 0.762. The minimum Gasteiger partial charge on any atom is -0.308 e. The van der Waals surface area contributed by atoms with Crippen molar-refractivity contribution in [3.63, 3.8) is 0 Å². The van der Waals surface area contributed by atoms with Crippen molar-refractivity contribution in [2.45, 2.75) is 10.6 Å². The Bertz CT molecular complexity index is 823. The molecule has 24 heavy (non-hydrogen) atoms. The van der Waals surface area contributed by atoms with Gasteiger partial charge in [-0.25, -0.2) is 9.78 Å². The third-order valence-electron chi connectivity index (χ3n) is 2.98. The second kappa shape index (κ2) is 8.19. The molecule has 0 saturated carbocycles. The summed E-state index contributed by atoms with van der Waals surface area (Å²) >= 11 is 9.01. The summed E-state index contributed by atoms with van der Waals surface area (Å²) in [5.41, 5.74) is 1.57. The lowest BCUT2D eigenvalue weighted by Gasteiger charge is -2.05. The molecule has 0 aliphatic rings. The number of hydrogen-bond donors (Lipinski definition) is 2. The number of nitrogens with zero attached hydrogens (tertiary/aromatic N) is 1. The molecule has 0 aliphatic heterocycles. The van der Waals surface area contributed by atoms with Crippen LogP contribution in [0.15, 0.2) is 64.9 Å². The van der Waals surface area contributed by atoms with E-state index in [1.165, 1.54) is 16.2 Å². The lowest BCUT2D eigenvalue weighted by Crippen LogP contribution is -2.19. The van der Waals surface area contributed by atoms with E-state index >= 15 is 0 Å². The van der Waals surface area contributed by atoms with E-state index in [9.17, 15) is 4.79 Å². The number of thioether (sulfide) groups is 1. The fourth-order valence-corrected chi connectivity index (χ4v) is 3.74. The molecule has 4 nitrogen and oxygen atoms in total. The highest BCUT2D eigenvalue weighted by Crippen LogP contribution is 2.25. The largest absolute Gasteiger partial charge is 0.325 e. The van der Waals surface area contributed by atoms with Gasteiger partial charge in [0.2, 0.25) is 0 Å². The van der Waals surface area contributed by atoms with Crippen molar-refractivity contribution in [1.29, 1.82) is 0 Å². The SMILES string of the molecule is O=C(Nc1cccc(Cl)c1)Nc1nc(CSc2ccccc2)cs1. The van der Waals surface area contributed by atoms with Gasteiger partial charge in [0.05, 0.1) is 5.69 Å². The van der Waals surface area contributed by atoms with Crippen LogP contribution in [0.4, 0.5) is 15.6 Å². The molecule has 0 aliphatic carbocycles. The molecule has 1 heterocycles. The third-order valence-corrected chi connectivity index (χ3v) is 5.07. The molecule has 0 spiro atoms. The molecule has 0 saturated heterocycles. The summed E-state index contributed by atoms with van der Waals surface area (Å²) in [5, 5.41) is 8.55. The standard InChI is InChI=1S/C17H14ClN3OS2/c18-12-5-4-6-13(9-12)19-16(22)21-17-20-14(11-24-17)10-23-15-7-2-1-3-8-15/h1-9,11H,10H2,(H2,19,20,21,22). The molecule has 0 bridgehead atoms. The van der Waals surface area contributed by atoms with Crippen LogP contribution >= 0.6 is 34.7 Å². The van der Waals surface area contributed by atoms with Gasteiger partial charge in [-0.1, -0.05) is 35.9 Å². The fraction of sp³-hybridized carbons (Fsp3) is 0.0588. The van der Waals surface area contributed by atoms with Crippen LogP contribution in [-0.2, 0) is 5.75 Å². The van der Waals surface area contributed by atoms with Crippen molar-refractivity contribution in [2.24, 2.45) is 0 Å². The van der Waals surface area contributed by atoms with Crippen LogP contribution in [0.5, 0.6) is 0 Å². The first-order valence-corrected chi connectivity index (χ1v) is 9.39. The molecule has 2 amide bonds. The first-order valence-electron chi connectivity index (χ1n) is 7.15. The zero-order chi connectivity index (χ0) is 16.8. The minimum atomic E-state index is -0.339. The monoisotopic (exact) mass is 375 g/mol. The Labute approximate surface area is 153 Å². The molecule has 2 aromatic carbocycles. The van der Waals surface area contributed by atoms with Gasteiger partial charge in [0, 0.05) is 26.7 Å². The number of urea groups is 1. The van der Waals surface area contributed by atoms with Crippen molar-refractivity contribution < 1.29 is 4.79 Å². The number of anilines is 2. The Kier molecular flexibility index (Phi) is 5.74.